The van der Waals surface area contributed by atoms with Crippen LogP contribution in [0.5, 0.6) is 0 Å². The van der Waals surface area contributed by atoms with Crippen LogP contribution in [-0.4, -0.2) is 47.2 Å². The van der Waals surface area contributed by atoms with Gasteiger partial charge in [-0.2, -0.15) is 0 Å². The largest absolute Gasteiger partial charge is 0.392 e. The van der Waals surface area contributed by atoms with Crippen LogP contribution >= 0.6 is 0 Å². The van der Waals surface area contributed by atoms with E-state index in [2.05, 4.69) is 40.7 Å². The third-order valence-electron chi connectivity index (χ3n) is 11.7. The summed E-state index contributed by atoms with van der Waals surface area (Å²) < 4.78 is 25.8. The third-order valence-corrected chi connectivity index (χ3v) is 11.7. The fourth-order valence-corrected chi connectivity index (χ4v) is 10.7. The van der Waals surface area contributed by atoms with Crippen LogP contribution < -0.4 is 0 Å². The van der Waals surface area contributed by atoms with Gasteiger partial charge in [-0.15, -0.1) is 0 Å². The van der Waals surface area contributed by atoms with Gasteiger partial charge in [-0.3, -0.25) is 0 Å². The lowest BCUT2D eigenvalue weighted by Crippen LogP contribution is -2.53. The van der Waals surface area contributed by atoms with Gasteiger partial charge in [0, 0.05) is 5.41 Å². The number of ether oxygens (including phenoxy) is 4. The quantitative estimate of drug-likeness (QED) is 0.463. The Hall–Kier alpha value is -0.460. The van der Waals surface area contributed by atoms with Gasteiger partial charge >= 0.3 is 0 Å². The van der Waals surface area contributed by atoms with E-state index >= 15 is 0 Å². The van der Waals surface area contributed by atoms with E-state index in [4.69, 9.17) is 18.9 Å². The summed E-state index contributed by atoms with van der Waals surface area (Å²) in [5.74, 6) is 0.860. The average Bonchev–Trinajstić information content (AvgIpc) is 3.47. The van der Waals surface area contributed by atoms with E-state index < -0.39 is 17.2 Å². The van der Waals surface area contributed by atoms with Crippen LogP contribution in [0.25, 0.3) is 0 Å². The second kappa shape index (κ2) is 7.59. The maximum atomic E-state index is 11.6. The number of rotatable bonds is 3. The Kier molecular flexibility index (Phi) is 5.44. The predicted octanol–water partition coefficient (Wildman–Crippen LogP) is 6.23. The lowest BCUT2D eigenvalue weighted by molar-refractivity contribution is -0.200. The van der Waals surface area contributed by atoms with Gasteiger partial charge < -0.3 is 24.1 Å². The SMILES string of the molecule is C[C@H]1C[C@@H](O)[C@@]23C1=C[C@@]1(C)CC[C@](C)(C[C@@H]4OC(C)(C)O[C@@H]4[C@]4(C)COC(C)(C)O4)[C@H]1[C@@H]2CC[C@@H]3C. The number of hydrogen-bond acceptors (Lipinski definition) is 5. The molecule has 1 N–H and O–H groups in total. The molecule has 2 aliphatic heterocycles. The first-order chi connectivity index (χ1) is 16.6. The molecule has 0 aromatic heterocycles. The molecule has 5 fully saturated rings. The smallest absolute Gasteiger partial charge is 0.163 e. The van der Waals surface area contributed by atoms with Crippen LogP contribution in [0, 0.1) is 39.9 Å². The van der Waals surface area contributed by atoms with E-state index in [0.717, 1.165) is 12.8 Å². The topological polar surface area (TPSA) is 57.2 Å². The van der Waals surface area contributed by atoms with Crippen molar-refractivity contribution in [3.05, 3.63) is 11.6 Å². The molecule has 0 radical (unpaired) electrons. The Morgan fingerprint density at radius 1 is 0.944 bits per heavy atom. The standard InChI is InChI=1S/C31H50O5/c1-18-14-23(32)31-19(2)10-11-20(31)24-28(7,15-21(18)31)12-13-29(24,8)16-22-25(35-27(5,6)34-22)30(9)17-33-26(3,4)36-30/h15,18-20,22-25,32H,10-14,16-17H2,1-9H3/t18-,19-,20-,22-,23+,24-,25-,28+,29+,30-,31+/m0/s1. The molecule has 5 nitrogen and oxygen atoms in total. The van der Waals surface area contributed by atoms with Crippen LogP contribution in [0.2, 0.25) is 0 Å². The summed E-state index contributed by atoms with van der Waals surface area (Å²) in [5, 5.41) is 11.6. The lowest BCUT2D eigenvalue weighted by Gasteiger charge is -2.55. The molecule has 0 unspecified atom stereocenters. The number of hydrogen-bond donors (Lipinski definition) is 1. The Morgan fingerprint density at radius 2 is 1.67 bits per heavy atom. The van der Waals surface area contributed by atoms with Gasteiger partial charge in [0.15, 0.2) is 11.6 Å². The highest BCUT2D eigenvalue weighted by atomic mass is 16.8. The Bertz CT molecular complexity index is 957. The maximum absolute atomic E-state index is 11.6. The molecule has 0 bridgehead atoms. The molecule has 0 amide bonds. The van der Waals surface area contributed by atoms with Crippen molar-refractivity contribution in [2.45, 2.75) is 136 Å². The summed E-state index contributed by atoms with van der Waals surface area (Å²) in [6, 6.07) is 0. The highest BCUT2D eigenvalue weighted by Crippen LogP contribution is 2.75. The highest BCUT2D eigenvalue weighted by molar-refractivity contribution is 5.38. The molecule has 0 aromatic rings. The summed E-state index contributed by atoms with van der Waals surface area (Å²) in [4.78, 5) is 0. The summed E-state index contributed by atoms with van der Waals surface area (Å²) in [7, 11) is 0. The third kappa shape index (κ3) is 3.38. The Balaban J connectivity index is 1.36. The van der Waals surface area contributed by atoms with Crippen molar-refractivity contribution in [1.29, 1.82) is 0 Å². The van der Waals surface area contributed by atoms with Crippen LogP contribution in [0.3, 0.4) is 0 Å². The zero-order chi connectivity index (χ0) is 26.1. The molecular weight excluding hydrogens is 452 g/mol. The highest BCUT2D eigenvalue weighted by Gasteiger charge is 2.70. The van der Waals surface area contributed by atoms with Crippen molar-refractivity contribution >= 4 is 0 Å². The fraction of sp³-hybridized carbons (Fsp3) is 0.935. The molecule has 36 heavy (non-hydrogen) atoms. The van der Waals surface area contributed by atoms with Crippen LogP contribution in [0.15, 0.2) is 11.6 Å². The Morgan fingerprint density at radius 3 is 2.33 bits per heavy atom. The van der Waals surface area contributed by atoms with E-state index in [1.165, 1.54) is 25.7 Å². The molecule has 1 spiro atoms. The van der Waals surface area contributed by atoms with Gasteiger partial charge in [0.05, 0.1) is 18.8 Å². The normalized spacial score (nSPS) is 56.9. The molecule has 0 aromatic carbocycles. The van der Waals surface area contributed by atoms with Gasteiger partial charge in [0.25, 0.3) is 0 Å². The molecule has 204 valence electrons. The van der Waals surface area contributed by atoms with Crippen molar-refractivity contribution in [3.8, 4) is 0 Å². The van der Waals surface area contributed by atoms with Crippen LogP contribution in [0.1, 0.15) is 101 Å². The number of fused-ring (bicyclic) bond motifs is 2. The van der Waals surface area contributed by atoms with Crippen molar-refractivity contribution in [1.82, 2.24) is 0 Å². The minimum Gasteiger partial charge on any atom is -0.392 e. The van der Waals surface area contributed by atoms with E-state index in [-0.39, 0.29) is 34.6 Å². The summed E-state index contributed by atoms with van der Waals surface area (Å²) in [6.45, 7) is 20.5. The molecule has 6 aliphatic rings. The van der Waals surface area contributed by atoms with E-state index in [1.54, 1.807) is 5.57 Å². The zero-order valence-corrected chi connectivity index (χ0v) is 24.1. The molecular formula is C31H50O5. The van der Waals surface area contributed by atoms with Gasteiger partial charge in [0.1, 0.15) is 11.7 Å². The first-order valence-electron chi connectivity index (χ1n) is 14.7. The van der Waals surface area contributed by atoms with E-state index in [1.807, 2.05) is 27.7 Å². The number of allylic oxidation sites excluding steroid dienone is 1. The zero-order valence-electron chi connectivity index (χ0n) is 24.1. The summed E-state index contributed by atoms with van der Waals surface area (Å²) in [6.07, 6.45) is 8.98. The second-order valence-electron chi connectivity index (χ2n) is 15.3. The maximum Gasteiger partial charge on any atom is 0.163 e. The first kappa shape index (κ1) is 25.8. The summed E-state index contributed by atoms with van der Waals surface area (Å²) >= 11 is 0. The molecule has 5 heteroatoms. The van der Waals surface area contributed by atoms with Crippen molar-refractivity contribution < 1.29 is 24.1 Å². The molecule has 3 saturated carbocycles. The minimum absolute atomic E-state index is 0.0285. The molecule has 2 saturated heterocycles. The average molecular weight is 503 g/mol. The summed E-state index contributed by atoms with van der Waals surface area (Å²) in [5.41, 5.74) is 1.32. The van der Waals surface area contributed by atoms with E-state index in [9.17, 15) is 5.11 Å². The Labute approximate surface area is 218 Å². The van der Waals surface area contributed by atoms with Gasteiger partial charge in [0.2, 0.25) is 0 Å². The van der Waals surface area contributed by atoms with Crippen molar-refractivity contribution in [3.63, 3.8) is 0 Å². The second-order valence-corrected chi connectivity index (χ2v) is 15.3. The van der Waals surface area contributed by atoms with Gasteiger partial charge in [-0.1, -0.05) is 39.3 Å². The minimum atomic E-state index is -0.646. The lowest BCUT2D eigenvalue weighted by atomic mass is 9.49. The number of aliphatic hydroxyl groups is 1. The molecule has 4 aliphatic carbocycles. The van der Waals surface area contributed by atoms with E-state index in [0.29, 0.717) is 30.3 Å². The fourth-order valence-electron chi connectivity index (χ4n) is 10.7. The van der Waals surface area contributed by atoms with Gasteiger partial charge in [-0.25, -0.2) is 0 Å². The molecule has 2 heterocycles. The first-order valence-corrected chi connectivity index (χ1v) is 14.7. The van der Waals surface area contributed by atoms with Crippen molar-refractivity contribution in [2.24, 2.45) is 39.9 Å². The molecule has 6 rings (SSSR count). The van der Waals surface area contributed by atoms with Gasteiger partial charge in [-0.05, 0) is 108 Å². The van der Waals surface area contributed by atoms with Crippen molar-refractivity contribution in [2.75, 3.05) is 6.61 Å². The monoisotopic (exact) mass is 502 g/mol. The van der Waals surface area contributed by atoms with Crippen LogP contribution in [0.4, 0.5) is 0 Å². The predicted molar refractivity (Wildman–Crippen MR) is 139 cm³/mol. The van der Waals surface area contributed by atoms with Crippen LogP contribution in [-0.2, 0) is 18.9 Å². The number of aliphatic hydroxyl groups excluding tert-OH is 1. The molecule has 11 atom stereocenters.